The number of aliphatic imine (C=N–C) groups is 1. The van der Waals surface area contributed by atoms with Crippen molar-refractivity contribution in [2.75, 3.05) is 19.6 Å². The molecule has 8 heteroatoms. The molecule has 0 aliphatic rings. The summed E-state index contributed by atoms with van der Waals surface area (Å²) in [6.45, 7) is 9.77. The maximum Gasteiger partial charge on any atom is 0.407 e. The Bertz CT molecular complexity index is 765. The predicted molar refractivity (Wildman–Crippen MR) is 111 cm³/mol. The Morgan fingerprint density at radius 1 is 1.18 bits per heavy atom. The summed E-state index contributed by atoms with van der Waals surface area (Å²) in [7, 11) is 0. The van der Waals surface area contributed by atoms with E-state index in [1.54, 1.807) is 6.20 Å². The molecular formula is C20H30N6O2. The molecule has 2 rings (SSSR count). The van der Waals surface area contributed by atoms with Crippen LogP contribution in [0.3, 0.4) is 0 Å². The molecule has 1 aromatic heterocycles. The quantitative estimate of drug-likeness (QED) is 0.386. The second-order valence-corrected chi connectivity index (χ2v) is 7.17. The number of aromatic nitrogens is 2. The number of carbonyl (C=O) groups excluding carboxylic acids is 1. The van der Waals surface area contributed by atoms with Crippen LogP contribution in [0.15, 0.2) is 47.7 Å². The standard InChI is InChI=1S/C20H30N6O2/c1-5-21-18(22-11-12-23-19(27)28-20(2,3)4)24-15-16-8-6-9-17(14-16)26-13-7-10-25-26/h6-10,13-14H,5,11-12,15H2,1-4H3,(H,23,27)(H2,21,22,24). The van der Waals surface area contributed by atoms with Crippen LogP contribution < -0.4 is 16.0 Å². The van der Waals surface area contributed by atoms with Crippen LogP contribution in [0.25, 0.3) is 5.69 Å². The van der Waals surface area contributed by atoms with Crippen LogP contribution in [0.2, 0.25) is 0 Å². The Morgan fingerprint density at radius 3 is 2.64 bits per heavy atom. The average Bonchev–Trinajstić information content (AvgIpc) is 3.16. The molecule has 0 aliphatic heterocycles. The molecule has 0 radical (unpaired) electrons. The van der Waals surface area contributed by atoms with E-state index in [0.29, 0.717) is 25.6 Å². The zero-order valence-electron chi connectivity index (χ0n) is 17.0. The van der Waals surface area contributed by atoms with Crippen LogP contribution in [0.5, 0.6) is 0 Å². The van der Waals surface area contributed by atoms with Gasteiger partial charge in [-0.25, -0.2) is 14.5 Å². The Balaban J connectivity index is 1.85. The van der Waals surface area contributed by atoms with Gasteiger partial charge in [-0.15, -0.1) is 0 Å². The Labute approximate surface area is 166 Å². The third kappa shape index (κ3) is 7.69. The number of carbonyl (C=O) groups is 1. The molecule has 0 atom stereocenters. The normalized spacial score (nSPS) is 11.8. The topological polar surface area (TPSA) is 92.6 Å². The second-order valence-electron chi connectivity index (χ2n) is 7.17. The lowest BCUT2D eigenvalue weighted by Gasteiger charge is -2.19. The van der Waals surface area contributed by atoms with Crippen molar-refractivity contribution in [1.29, 1.82) is 0 Å². The van der Waals surface area contributed by atoms with Gasteiger partial charge < -0.3 is 20.7 Å². The fourth-order valence-corrected chi connectivity index (χ4v) is 2.39. The zero-order chi connectivity index (χ0) is 20.4. The van der Waals surface area contributed by atoms with E-state index < -0.39 is 11.7 Å². The van der Waals surface area contributed by atoms with Gasteiger partial charge >= 0.3 is 6.09 Å². The zero-order valence-corrected chi connectivity index (χ0v) is 17.0. The Morgan fingerprint density at radius 2 is 1.96 bits per heavy atom. The minimum absolute atomic E-state index is 0.424. The molecule has 2 aromatic rings. The molecule has 8 nitrogen and oxygen atoms in total. The number of alkyl carbamates (subject to hydrolysis) is 1. The lowest BCUT2D eigenvalue weighted by atomic mass is 10.2. The highest BCUT2D eigenvalue weighted by Gasteiger charge is 2.15. The van der Waals surface area contributed by atoms with Gasteiger partial charge in [-0.05, 0) is 51.5 Å². The molecule has 0 aliphatic carbocycles. The molecule has 152 valence electrons. The van der Waals surface area contributed by atoms with E-state index in [0.717, 1.165) is 17.8 Å². The fourth-order valence-electron chi connectivity index (χ4n) is 2.39. The van der Waals surface area contributed by atoms with E-state index in [1.165, 1.54) is 0 Å². The third-order valence-electron chi connectivity index (χ3n) is 3.53. The van der Waals surface area contributed by atoms with Crippen LogP contribution >= 0.6 is 0 Å². The molecule has 0 unspecified atom stereocenters. The highest BCUT2D eigenvalue weighted by Crippen LogP contribution is 2.10. The van der Waals surface area contributed by atoms with Gasteiger partial charge in [0, 0.05) is 32.0 Å². The summed E-state index contributed by atoms with van der Waals surface area (Å²) in [4.78, 5) is 16.3. The molecule has 3 N–H and O–H groups in total. The van der Waals surface area contributed by atoms with Crippen LogP contribution in [0, 0.1) is 0 Å². The van der Waals surface area contributed by atoms with E-state index in [4.69, 9.17) is 4.74 Å². The number of amides is 1. The molecule has 1 heterocycles. The van der Waals surface area contributed by atoms with Gasteiger partial charge in [0.15, 0.2) is 5.96 Å². The van der Waals surface area contributed by atoms with E-state index in [2.05, 4.69) is 32.1 Å². The summed E-state index contributed by atoms with van der Waals surface area (Å²) in [5.41, 5.74) is 1.58. The SMILES string of the molecule is CCNC(=NCc1cccc(-n2cccn2)c1)NCCNC(=O)OC(C)(C)C. The first-order valence-electron chi connectivity index (χ1n) is 9.45. The molecule has 0 saturated heterocycles. The van der Waals surface area contributed by atoms with Gasteiger partial charge in [0.25, 0.3) is 0 Å². The fraction of sp³-hybridized carbons (Fsp3) is 0.450. The number of rotatable bonds is 7. The van der Waals surface area contributed by atoms with Gasteiger partial charge in [-0.3, -0.25) is 0 Å². The smallest absolute Gasteiger partial charge is 0.407 e. The van der Waals surface area contributed by atoms with Crippen LogP contribution in [-0.2, 0) is 11.3 Å². The summed E-state index contributed by atoms with van der Waals surface area (Å²) in [5.74, 6) is 0.693. The predicted octanol–water partition coefficient (Wildman–Crippen LogP) is 2.45. The lowest BCUT2D eigenvalue weighted by molar-refractivity contribution is 0.0529. The van der Waals surface area contributed by atoms with Crippen LogP contribution in [0.4, 0.5) is 4.79 Å². The molecule has 0 spiro atoms. The Hall–Kier alpha value is -3.03. The molecule has 0 saturated carbocycles. The monoisotopic (exact) mass is 386 g/mol. The van der Waals surface area contributed by atoms with Crippen molar-refractivity contribution >= 4 is 12.1 Å². The summed E-state index contributed by atoms with van der Waals surface area (Å²) in [6, 6.07) is 9.98. The summed E-state index contributed by atoms with van der Waals surface area (Å²) in [6.07, 6.45) is 3.24. The molecule has 1 aromatic carbocycles. The molecule has 0 bridgehead atoms. The van der Waals surface area contributed by atoms with Crippen molar-refractivity contribution in [3.05, 3.63) is 48.3 Å². The maximum absolute atomic E-state index is 11.7. The summed E-state index contributed by atoms with van der Waals surface area (Å²) >= 11 is 0. The number of hydrogen-bond donors (Lipinski definition) is 3. The summed E-state index contributed by atoms with van der Waals surface area (Å²) in [5, 5.41) is 13.4. The minimum atomic E-state index is -0.501. The van der Waals surface area contributed by atoms with Crippen LogP contribution in [-0.4, -0.2) is 47.1 Å². The summed E-state index contributed by atoms with van der Waals surface area (Å²) < 4.78 is 7.03. The number of guanidine groups is 1. The van der Waals surface area contributed by atoms with Crippen molar-refractivity contribution in [2.24, 2.45) is 4.99 Å². The number of ether oxygens (including phenoxy) is 1. The molecular weight excluding hydrogens is 356 g/mol. The van der Waals surface area contributed by atoms with Crippen molar-refractivity contribution in [1.82, 2.24) is 25.7 Å². The first-order chi connectivity index (χ1) is 13.4. The van der Waals surface area contributed by atoms with Gasteiger partial charge in [-0.2, -0.15) is 5.10 Å². The van der Waals surface area contributed by atoms with E-state index in [-0.39, 0.29) is 0 Å². The van der Waals surface area contributed by atoms with Crippen molar-refractivity contribution < 1.29 is 9.53 Å². The van der Waals surface area contributed by atoms with Crippen molar-refractivity contribution in [3.8, 4) is 5.69 Å². The van der Waals surface area contributed by atoms with E-state index in [9.17, 15) is 4.79 Å². The lowest BCUT2D eigenvalue weighted by Crippen LogP contribution is -2.42. The number of hydrogen-bond acceptors (Lipinski definition) is 4. The van der Waals surface area contributed by atoms with Gasteiger partial charge in [-0.1, -0.05) is 12.1 Å². The highest BCUT2D eigenvalue weighted by atomic mass is 16.6. The molecule has 28 heavy (non-hydrogen) atoms. The van der Waals surface area contributed by atoms with E-state index in [1.807, 2.05) is 62.8 Å². The molecule has 0 fully saturated rings. The third-order valence-corrected chi connectivity index (χ3v) is 3.53. The number of nitrogens with one attached hydrogen (secondary N) is 3. The van der Waals surface area contributed by atoms with Gasteiger partial charge in [0.1, 0.15) is 5.60 Å². The van der Waals surface area contributed by atoms with Crippen molar-refractivity contribution in [2.45, 2.75) is 39.8 Å². The number of nitrogens with zero attached hydrogens (tertiary/aromatic N) is 3. The highest BCUT2D eigenvalue weighted by molar-refractivity contribution is 5.79. The van der Waals surface area contributed by atoms with Gasteiger partial charge in [0.05, 0.1) is 12.2 Å². The number of benzene rings is 1. The Kier molecular flexibility index (Phi) is 7.86. The average molecular weight is 387 g/mol. The second kappa shape index (κ2) is 10.3. The van der Waals surface area contributed by atoms with Crippen molar-refractivity contribution in [3.63, 3.8) is 0 Å². The first kappa shape index (κ1) is 21.3. The van der Waals surface area contributed by atoms with Gasteiger partial charge in [0.2, 0.25) is 0 Å². The van der Waals surface area contributed by atoms with E-state index >= 15 is 0 Å². The minimum Gasteiger partial charge on any atom is -0.444 e. The first-order valence-corrected chi connectivity index (χ1v) is 9.45. The molecule has 1 amide bonds. The largest absolute Gasteiger partial charge is 0.444 e. The van der Waals surface area contributed by atoms with Crippen LogP contribution in [0.1, 0.15) is 33.3 Å². The maximum atomic E-state index is 11.7.